The van der Waals surface area contributed by atoms with E-state index >= 15 is 0 Å². The molecule has 0 unspecified atom stereocenters. The van der Waals surface area contributed by atoms with E-state index in [-0.39, 0.29) is 5.41 Å². The van der Waals surface area contributed by atoms with Gasteiger partial charge in [-0.05, 0) is 85.2 Å². The molecule has 0 aromatic heterocycles. The minimum Gasteiger partial charge on any atom is -0.359 e. The fraction of sp³-hybridized carbons (Fsp3) is 0.257. The molecule has 0 atom stereocenters. The molecule has 3 nitrogen and oxygen atoms in total. The quantitative estimate of drug-likeness (QED) is 0.236. The molecule has 200 valence electrons. The number of allylic oxidation sites excluding steroid dienone is 6. The Kier molecular flexibility index (Phi) is 10.8. The van der Waals surface area contributed by atoms with Crippen LogP contribution in [0.1, 0.15) is 59.1 Å². The average Bonchev–Trinajstić information content (AvgIpc) is 2.79. The molecule has 0 radical (unpaired) electrons. The normalized spacial score (nSPS) is 11.3. The Morgan fingerprint density at radius 1 is 0.816 bits per heavy atom. The predicted octanol–water partition coefficient (Wildman–Crippen LogP) is 9.76. The van der Waals surface area contributed by atoms with Gasteiger partial charge in [0, 0.05) is 29.2 Å². The van der Waals surface area contributed by atoms with E-state index in [0.717, 1.165) is 45.9 Å². The number of hydrogen-bond acceptors (Lipinski definition) is 3. The van der Waals surface area contributed by atoms with Crippen molar-refractivity contribution in [3.05, 3.63) is 139 Å². The largest absolute Gasteiger partial charge is 0.359 e. The van der Waals surface area contributed by atoms with Crippen molar-refractivity contribution in [3.63, 3.8) is 0 Å². The first kappa shape index (κ1) is 30.2. The van der Waals surface area contributed by atoms with E-state index in [4.69, 9.17) is 0 Å². The molecular weight excluding hydrogens is 462 g/mol. The lowest BCUT2D eigenvalue weighted by Gasteiger charge is -2.20. The van der Waals surface area contributed by atoms with Gasteiger partial charge in [0.2, 0.25) is 0 Å². The molecule has 0 saturated heterocycles. The molecular formula is C35H45N3. The highest BCUT2D eigenvalue weighted by Crippen LogP contribution is 2.26. The van der Waals surface area contributed by atoms with Crippen molar-refractivity contribution < 1.29 is 0 Å². The van der Waals surface area contributed by atoms with Crippen LogP contribution in [0.25, 0.3) is 5.57 Å². The van der Waals surface area contributed by atoms with Gasteiger partial charge in [-0.15, -0.1) is 0 Å². The summed E-state index contributed by atoms with van der Waals surface area (Å²) in [4.78, 5) is 0. The van der Waals surface area contributed by atoms with Crippen molar-refractivity contribution in [1.82, 2.24) is 5.32 Å². The van der Waals surface area contributed by atoms with E-state index in [9.17, 15) is 0 Å². The summed E-state index contributed by atoms with van der Waals surface area (Å²) in [6, 6.07) is 16.6. The van der Waals surface area contributed by atoms with Crippen molar-refractivity contribution in [2.45, 2.75) is 54.4 Å². The van der Waals surface area contributed by atoms with E-state index < -0.39 is 0 Å². The van der Waals surface area contributed by atoms with Crippen LogP contribution in [0.15, 0.2) is 128 Å². The fourth-order valence-corrected chi connectivity index (χ4v) is 3.77. The molecule has 3 N–H and O–H groups in total. The van der Waals surface area contributed by atoms with Crippen LogP contribution in [0.4, 0.5) is 11.4 Å². The average molecular weight is 508 g/mol. The van der Waals surface area contributed by atoms with Crippen LogP contribution in [0, 0.1) is 5.41 Å². The molecule has 0 amide bonds. The third-order valence-corrected chi connectivity index (χ3v) is 6.08. The number of benzene rings is 2. The highest BCUT2D eigenvalue weighted by molar-refractivity contribution is 5.69. The Balaban J connectivity index is 1.94. The van der Waals surface area contributed by atoms with Crippen LogP contribution in [-0.4, -0.2) is 0 Å². The molecule has 38 heavy (non-hydrogen) atoms. The number of hydrogen-bond donors (Lipinski definition) is 3. The molecule has 2 aromatic carbocycles. The first-order valence-corrected chi connectivity index (χ1v) is 13.0. The Labute approximate surface area is 231 Å². The highest BCUT2D eigenvalue weighted by Gasteiger charge is 2.12. The summed E-state index contributed by atoms with van der Waals surface area (Å²) in [6.07, 6.45) is 5.61. The van der Waals surface area contributed by atoms with Crippen LogP contribution in [0.5, 0.6) is 0 Å². The zero-order chi connectivity index (χ0) is 28.5. The minimum atomic E-state index is 0.104. The molecule has 0 bridgehead atoms. The SMILES string of the molecule is C=C(C=C(C)C)CC(=C)Nc1cccc(C(=C)Cc2ccc(NC(=C)NC(=C)/C=C(\C)C(C)(C)C)cc2)c1. The summed E-state index contributed by atoms with van der Waals surface area (Å²) in [6.45, 7) is 33.6. The van der Waals surface area contributed by atoms with Crippen molar-refractivity contribution in [2.75, 3.05) is 10.6 Å². The second-order valence-corrected chi connectivity index (χ2v) is 11.2. The Hall–Kier alpha value is -3.98. The van der Waals surface area contributed by atoms with Gasteiger partial charge in [0.05, 0.1) is 0 Å². The van der Waals surface area contributed by atoms with Crippen LogP contribution in [0.2, 0.25) is 0 Å². The maximum atomic E-state index is 4.34. The summed E-state index contributed by atoms with van der Waals surface area (Å²) >= 11 is 0. The Bertz CT molecular complexity index is 1260. The highest BCUT2D eigenvalue weighted by atomic mass is 15.1. The molecule has 0 aliphatic rings. The van der Waals surface area contributed by atoms with E-state index in [0.29, 0.717) is 12.2 Å². The monoisotopic (exact) mass is 507 g/mol. The molecule has 3 heteroatoms. The lowest BCUT2D eigenvalue weighted by Crippen LogP contribution is -2.17. The van der Waals surface area contributed by atoms with Gasteiger partial charge in [0.15, 0.2) is 0 Å². The number of anilines is 2. The van der Waals surface area contributed by atoms with Gasteiger partial charge in [-0.25, -0.2) is 0 Å². The third-order valence-electron chi connectivity index (χ3n) is 6.08. The number of nitrogens with one attached hydrogen (secondary N) is 3. The first-order valence-electron chi connectivity index (χ1n) is 13.0. The smallest absolute Gasteiger partial charge is 0.100 e. The van der Waals surface area contributed by atoms with Crippen molar-refractivity contribution in [2.24, 2.45) is 5.41 Å². The van der Waals surface area contributed by atoms with Crippen LogP contribution < -0.4 is 16.0 Å². The summed E-state index contributed by atoms with van der Waals surface area (Å²) in [5.74, 6) is 0.681. The van der Waals surface area contributed by atoms with Crippen molar-refractivity contribution in [3.8, 4) is 0 Å². The molecule has 0 aliphatic heterocycles. The van der Waals surface area contributed by atoms with Gasteiger partial charge < -0.3 is 16.0 Å². The Morgan fingerprint density at radius 2 is 1.47 bits per heavy atom. The van der Waals surface area contributed by atoms with Crippen molar-refractivity contribution >= 4 is 16.9 Å². The van der Waals surface area contributed by atoms with Gasteiger partial charge >= 0.3 is 0 Å². The van der Waals surface area contributed by atoms with Gasteiger partial charge in [0.25, 0.3) is 0 Å². The van der Waals surface area contributed by atoms with Crippen molar-refractivity contribution in [1.29, 1.82) is 0 Å². The minimum absolute atomic E-state index is 0.104. The summed E-state index contributed by atoms with van der Waals surface area (Å²) in [5.41, 5.74) is 10.6. The maximum Gasteiger partial charge on any atom is 0.100 e. The zero-order valence-corrected chi connectivity index (χ0v) is 24.2. The maximum absolute atomic E-state index is 4.34. The van der Waals surface area contributed by atoms with Gasteiger partial charge in [-0.2, -0.15) is 0 Å². The first-order chi connectivity index (χ1) is 17.7. The van der Waals surface area contributed by atoms with E-state index in [2.05, 4.69) is 139 Å². The lowest BCUT2D eigenvalue weighted by molar-refractivity contribution is 0.503. The summed E-state index contributed by atoms with van der Waals surface area (Å²) in [7, 11) is 0. The topological polar surface area (TPSA) is 36.1 Å². The second kappa shape index (κ2) is 13.5. The molecule has 0 heterocycles. The van der Waals surface area contributed by atoms with E-state index in [1.807, 2.05) is 12.1 Å². The molecule has 2 rings (SSSR count). The molecule has 0 aliphatic carbocycles. The van der Waals surface area contributed by atoms with Crippen LogP contribution in [0.3, 0.4) is 0 Å². The van der Waals surface area contributed by atoms with Gasteiger partial charge in [0.1, 0.15) is 5.82 Å². The molecule has 0 fully saturated rings. The summed E-state index contributed by atoms with van der Waals surface area (Å²) < 4.78 is 0. The molecule has 0 spiro atoms. The third kappa shape index (κ3) is 10.6. The lowest BCUT2D eigenvalue weighted by atomic mass is 9.87. The zero-order valence-electron chi connectivity index (χ0n) is 24.2. The number of rotatable bonds is 13. The molecule has 2 aromatic rings. The van der Waals surface area contributed by atoms with E-state index in [1.54, 1.807) is 0 Å². The summed E-state index contributed by atoms with van der Waals surface area (Å²) in [5, 5.41) is 9.93. The Morgan fingerprint density at radius 3 is 2.08 bits per heavy atom. The van der Waals surface area contributed by atoms with Gasteiger partial charge in [-0.1, -0.05) is 95.2 Å². The van der Waals surface area contributed by atoms with E-state index in [1.165, 1.54) is 16.7 Å². The molecule has 0 saturated carbocycles. The standard InChI is InChI=1S/C35H45N3/c1-24(2)19-25(3)20-28(6)37-34-14-12-13-32(23-34)26(4)21-31-15-17-33(18-16-31)38-30(8)36-29(7)22-27(5)35(9,10)11/h12-19,22-23,36-38H,3-4,6-8,20-21H2,1-2,5,9-11H3/b27-22+. The fourth-order valence-electron chi connectivity index (χ4n) is 3.77. The van der Waals surface area contributed by atoms with Crippen LogP contribution >= 0.6 is 0 Å². The second-order valence-electron chi connectivity index (χ2n) is 11.2. The van der Waals surface area contributed by atoms with Crippen LogP contribution in [-0.2, 0) is 6.42 Å². The van der Waals surface area contributed by atoms with Gasteiger partial charge in [-0.3, -0.25) is 0 Å². The predicted molar refractivity (Wildman–Crippen MR) is 170 cm³/mol.